The summed E-state index contributed by atoms with van der Waals surface area (Å²) >= 11 is 1.61. The minimum absolute atomic E-state index is 0.207. The molecule has 1 amide bonds. The molecule has 0 aromatic rings. The highest BCUT2D eigenvalue weighted by Crippen LogP contribution is 2.06. The van der Waals surface area contributed by atoms with Crippen LogP contribution in [0.2, 0.25) is 0 Å². The van der Waals surface area contributed by atoms with Gasteiger partial charge in [-0.2, -0.15) is 11.8 Å². The van der Waals surface area contributed by atoms with E-state index in [0.717, 1.165) is 5.75 Å². The van der Waals surface area contributed by atoms with Crippen molar-refractivity contribution in [3.63, 3.8) is 0 Å². The molecule has 4 N–H and O–H groups in total. The lowest BCUT2D eigenvalue weighted by Crippen LogP contribution is -2.49. The first kappa shape index (κ1) is 16.2. The average Bonchev–Trinajstić information content (AvgIpc) is 2.23. The Morgan fingerprint density at radius 3 is 2.41 bits per heavy atom. The number of nitrogens with one attached hydrogen (secondary N) is 1. The zero-order valence-corrected chi connectivity index (χ0v) is 11.4. The lowest BCUT2D eigenvalue weighted by molar-refractivity contribution is -0.142. The molecule has 0 rings (SSSR count). The van der Waals surface area contributed by atoms with Gasteiger partial charge >= 0.3 is 5.97 Å². The van der Waals surface area contributed by atoms with Gasteiger partial charge in [0.15, 0.2) is 0 Å². The Labute approximate surface area is 107 Å². The second-order valence-corrected chi connectivity index (χ2v) is 5.40. The van der Waals surface area contributed by atoms with Crippen molar-refractivity contribution >= 4 is 23.6 Å². The molecule has 0 bridgehead atoms. The number of rotatable bonds is 8. The lowest BCUT2D eigenvalue weighted by Gasteiger charge is -2.19. The molecule has 0 aliphatic carbocycles. The first-order valence-electron chi connectivity index (χ1n) is 5.66. The molecule has 0 radical (unpaired) electrons. The third kappa shape index (κ3) is 7.23. The summed E-state index contributed by atoms with van der Waals surface area (Å²) in [4.78, 5) is 22.6. The Morgan fingerprint density at radius 2 is 2.00 bits per heavy atom. The maximum Gasteiger partial charge on any atom is 0.326 e. The normalized spacial score (nSPS) is 14.4. The van der Waals surface area contributed by atoms with Crippen LogP contribution in [0.15, 0.2) is 0 Å². The second kappa shape index (κ2) is 8.36. The van der Waals surface area contributed by atoms with Crippen molar-refractivity contribution in [3.05, 3.63) is 0 Å². The number of carbonyl (C=O) groups excluding carboxylic acids is 1. The minimum Gasteiger partial charge on any atom is -0.480 e. The molecule has 0 aliphatic heterocycles. The number of aliphatic carboxylic acids is 1. The van der Waals surface area contributed by atoms with E-state index in [4.69, 9.17) is 10.8 Å². The van der Waals surface area contributed by atoms with Crippen molar-refractivity contribution in [2.75, 3.05) is 12.0 Å². The van der Waals surface area contributed by atoms with E-state index in [1.165, 1.54) is 0 Å². The maximum atomic E-state index is 11.6. The monoisotopic (exact) mass is 262 g/mol. The molecule has 2 atom stereocenters. The third-order valence-electron chi connectivity index (χ3n) is 2.29. The minimum atomic E-state index is -1.01. The Hall–Kier alpha value is -0.750. The SMILES string of the molecule is CSCCC(N)C(=O)NC(CC(C)C)C(=O)O. The second-order valence-electron chi connectivity index (χ2n) is 4.42. The highest BCUT2D eigenvalue weighted by Gasteiger charge is 2.23. The van der Waals surface area contributed by atoms with Crippen LogP contribution in [-0.2, 0) is 9.59 Å². The molecule has 0 spiro atoms. The zero-order chi connectivity index (χ0) is 13.4. The number of hydrogen-bond acceptors (Lipinski definition) is 4. The molecule has 17 heavy (non-hydrogen) atoms. The lowest BCUT2D eigenvalue weighted by atomic mass is 10.0. The molecular weight excluding hydrogens is 240 g/mol. The van der Waals surface area contributed by atoms with Crippen molar-refractivity contribution in [2.45, 2.75) is 38.8 Å². The topological polar surface area (TPSA) is 92.4 Å². The van der Waals surface area contributed by atoms with Gasteiger partial charge in [-0.05, 0) is 30.8 Å². The summed E-state index contributed by atoms with van der Waals surface area (Å²) in [6, 6.07) is -1.47. The van der Waals surface area contributed by atoms with Crippen molar-refractivity contribution in [1.82, 2.24) is 5.32 Å². The molecule has 5 nitrogen and oxygen atoms in total. The van der Waals surface area contributed by atoms with Crippen molar-refractivity contribution in [2.24, 2.45) is 11.7 Å². The van der Waals surface area contributed by atoms with Crippen LogP contribution in [0.5, 0.6) is 0 Å². The molecule has 100 valence electrons. The third-order valence-corrected chi connectivity index (χ3v) is 2.94. The van der Waals surface area contributed by atoms with Crippen LogP contribution >= 0.6 is 11.8 Å². The molecule has 0 aliphatic rings. The van der Waals surface area contributed by atoms with Crippen LogP contribution in [0.4, 0.5) is 0 Å². The van der Waals surface area contributed by atoms with Crippen molar-refractivity contribution in [3.8, 4) is 0 Å². The van der Waals surface area contributed by atoms with Gasteiger partial charge in [-0.15, -0.1) is 0 Å². The predicted octanol–water partition coefficient (Wildman–Crippen LogP) is 0.682. The fourth-order valence-corrected chi connectivity index (χ4v) is 1.84. The summed E-state index contributed by atoms with van der Waals surface area (Å²) in [6.07, 6.45) is 2.90. The van der Waals surface area contributed by atoms with Gasteiger partial charge in [0.1, 0.15) is 6.04 Å². The first-order chi connectivity index (χ1) is 7.88. The van der Waals surface area contributed by atoms with E-state index >= 15 is 0 Å². The summed E-state index contributed by atoms with van der Waals surface area (Å²) < 4.78 is 0. The van der Waals surface area contributed by atoms with Crippen LogP contribution in [-0.4, -0.2) is 41.1 Å². The van der Waals surface area contributed by atoms with E-state index in [2.05, 4.69) is 5.32 Å². The summed E-state index contributed by atoms with van der Waals surface area (Å²) in [5.41, 5.74) is 5.66. The fraction of sp³-hybridized carbons (Fsp3) is 0.818. The van der Waals surface area contributed by atoms with E-state index < -0.39 is 18.1 Å². The van der Waals surface area contributed by atoms with Gasteiger partial charge in [0.2, 0.25) is 5.91 Å². The van der Waals surface area contributed by atoms with Gasteiger partial charge in [-0.1, -0.05) is 13.8 Å². The average molecular weight is 262 g/mol. The Morgan fingerprint density at radius 1 is 1.41 bits per heavy atom. The van der Waals surface area contributed by atoms with E-state index in [9.17, 15) is 9.59 Å². The molecule has 0 heterocycles. The number of carboxylic acids is 1. The molecule has 6 heteroatoms. The van der Waals surface area contributed by atoms with Gasteiger partial charge in [-0.3, -0.25) is 4.79 Å². The predicted molar refractivity (Wildman–Crippen MR) is 70.0 cm³/mol. The van der Waals surface area contributed by atoms with Crippen molar-refractivity contribution in [1.29, 1.82) is 0 Å². The number of hydrogen-bond donors (Lipinski definition) is 3. The Bertz CT molecular complexity index is 259. The quantitative estimate of drug-likeness (QED) is 0.598. The van der Waals surface area contributed by atoms with Gasteiger partial charge in [0.05, 0.1) is 6.04 Å². The van der Waals surface area contributed by atoms with Crippen LogP contribution in [0.25, 0.3) is 0 Å². The largest absolute Gasteiger partial charge is 0.480 e. The molecule has 0 saturated carbocycles. The zero-order valence-electron chi connectivity index (χ0n) is 10.6. The fourth-order valence-electron chi connectivity index (χ4n) is 1.35. The van der Waals surface area contributed by atoms with E-state index in [1.807, 2.05) is 20.1 Å². The molecule has 2 unspecified atom stereocenters. The van der Waals surface area contributed by atoms with Gasteiger partial charge in [0, 0.05) is 0 Å². The number of nitrogens with two attached hydrogens (primary N) is 1. The smallest absolute Gasteiger partial charge is 0.326 e. The Kier molecular flexibility index (Phi) is 7.99. The maximum absolute atomic E-state index is 11.6. The highest BCUT2D eigenvalue weighted by atomic mass is 32.2. The molecule has 0 aromatic carbocycles. The molecule has 0 saturated heterocycles. The Balaban J connectivity index is 4.25. The van der Waals surface area contributed by atoms with Crippen LogP contribution in [0.3, 0.4) is 0 Å². The first-order valence-corrected chi connectivity index (χ1v) is 7.05. The summed E-state index contributed by atoms with van der Waals surface area (Å²) in [6.45, 7) is 3.82. The van der Waals surface area contributed by atoms with Gasteiger partial charge in [-0.25, -0.2) is 4.79 Å². The van der Waals surface area contributed by atoms with E-state index in [-0.39, 0.29) is 11.8 Å². The standard InChI is InChI=1S/C11H22N2O3S/c1-7(2)6-9(11(15)16)13-10(14)8(12)4-5-17-3/h7-9H,4-6,12H2,1-3H3,(H,13,14)(H,15,16). The number of thioether (sulfide) groups is 1. The number of carboxylic acid groups (broad SMARTS) is 1. The van der Waals surface area contributed by atoms with Gasteiger partial charge in [0.25, 0.3) is 0 Å². The van der Waals surface area contributed by atoms with E-state index in [1.54, 1.807) is 11.8 Å². The van der Waals surface area contributed by atoms with E-state index in [0.29, 0.717) is 12.8 Å². The summed E-state index contributed by atoms with van der Waals surface area (Å²) in [7, 11) is 0. The number of carbonyl (C=O) groups is 2. The van der Waals surface area contributed by atoms with Crippen LogP contribution < -0.4 is 11.1 Å². The molecule has 0 aromatic heterocycles. The van der Waals surface area contributed by atoms with Gasteiger partial charge < -0.3 is 16.2 Å². The highest BCUT2D eigenvalue weighted by molar-refractivity contribution is 7.98. The molecule has 0 fully saturated rings. The summed E-state index contributed by atoms with van der Waals surface area (Å²) in [5, 5.41) is 11.5. The number of amides is 1. The van der Waals surface area contributed by atoms with Crippen molar-refractivity contribution < 1.29 is 14.7 Å². The molecular formula is C11H22N2O3S. The van der Waals surface area contributed by atoms with Crippen LogP contribution in [0.1, 0.15) is 26.7 Å². The summed E-state index contributed by atoms with van der Waals surface area (Å²) in [5.74, 6) is -0.397. The van der Waals surface area contributed by atoms with Crippen LogP contribution in [0, 0.1) is 5.92 Å².